The molecule has 4 nitrogen and oxygen atoms in total. The van der Waals surface area contributed by atoms with Gasteiger partial charge in [-0.1, -0.05) is 0 Å². The highest BCUT2D eigenvalue weighted by atomic mass is 35.5. The van der Waals surface area contributed by atoms with Crippen molar-refractivity contribution in [1.82, 2.24) is 4.90 Å². The fourth-order valence-electron chi connectivity index (χ4n) is 2.80. The van der Waals surface area contributed by atoms with Crippen LogP contribution in [0.4, 0.5) is 0 Å². The van der Waals surface area contributed by atoms with Gasteiger partial charge in [0.15, 0.2) is 0 Å². The normalized spacial score (nSPS) is 15.5. The SMILES string of the molecule is Cc1ccc(CCCC(=O)N2CCC(OCCCN)CC2)s1.Cl. The van der Waals surface area contributed by atoms with Crippen molar-refractivity contribution in [2.24, 2.45) is 5.73 Å². The maximum Gasteiger partial charge on any atom is 0.222 e. The third-order valence-electron chi connectivity index (χ3n) is 4.11. The van der Waals surface area contributed by atoms with Crippen LogP contribution in [-0.2, 0) is 16.0 Å². The molecule has 1 fully saturated rings. The first-order valence-corrected chi connectivity index (χ1v) is 9.15. The minimum atomic E-state index is 0. The van der Waals surface area contributed by atoms with Gasteiger partial charge in [0.05, 0.1) is 6.10 Å². The number of thiophene rings is 1. The van der Waals surface area contributed by atoms with Gasteiger partial charge in [-0.05, 0) is 57.7 Å². The van der Waals surface area contributed by atoms with E-state index >= 15 is 0 Å². The number of nitrogens with two attached hydrogens (primary N) is 1. The maximum absolute atomic E-state index is 12.2. The summed E-state index contributed by atoms with van der Waals surface area (Å²) in [5.41, 5.74) is 5.46. The summed E-state index contributed by atoms with van der Waals surface area (Å²) in [7, 11) is 0. The van der Waals surface area contributed by atoms with E-state index in [-0.39, 0.29) is 12.4 Å². The van der Waals surface area contributed by atoms with Crippen LogP contribution in [-0.4, -0.2) is 43.2 Å². The minimum Gasteiger partial charge on any atom is -0.378 e. The molecule has 1 aromatic heterocycles. The fourth-order valence-corrected chi connectivity index (χ4v) is 3.73. The van der Waals surface area contributed by atoms with Crippen LogP contribution in [0, 0.1) is 6.92 Å². The Morgan fingerprint density at radius 1 is 1.35 bits per heavy atom. The van der Waals surface area contributed by atoms with Gasteiger partial charge in [0.25, 0.3) is 0 Å². The summed E-state index contributed by atoms with van der Waals surface area (Å²) in [6.45, 7) is 5.23. The van der Waals surface area contributed by atoms with Crippen LogP contribution in [0.1, 0.15) is 41.9 Å². The number of aryl methyl sites for hydroxylation is 2. The van der Waals surface area contributed by atoms with Crippen molar-refractivity contribution in [1.29, 1.82) is 0 Å². The molecule has 0 aliphatic carbocycles. The van der Waals surface area contributed by atoms with Crippen LogP contribution >= 0.6 is 23.7 Å². The predicted octanol–water partition coefficient (Wildman–Crippen LogP) is 3.16. The number of rotatable bonds is 8. The van der Waals surface area contributed by atoms with Crippen LogP contribution in [0.3, 0.4) is 0 Å². The highest BCUT2D eigenvalue weighted by Gasteiger charge is 2.22. The van der Waals surface area contributed by atoms with Gasteiger partial charge >= 0.3 is 0 Å². The summed E-state index contributed by atoms with van der Waals surface area (Å²) in [4.78, 5) is 17.0. The van der Waals surface area contributed by atoms with Gasteiger partial charge in [-0.15, -0.1) is 23.7 Å². The van der Waals surface area contributed by atoms with Crippen LogP contribution in [0.25, 0.3) is 0 Å². The number of nitrogens with zero attached hydrogens (tertiary/aromatic N) is 1. The number of piperidine rings is 1. The van der Waals surface area contributed by atoms with Crippen molar-refractivity contribution >= 4 is 29.7 Å². The van der Waals surface area contributed by atoms with E-state index < -0.39 is 0 Å². The molecule has 2 heterocycles. The third kappa shape index (κ3) is 7.21. The molecule has 2 rings (SSSR count). The summed E-state index contributed by atoms with van der Waals surface area (Å²) < 4.78 is 5.78. The Balaban J connectivity index is 0.00000264. The topological polar surface area (TPSA) is 55.6 Å². The van der Waals surface area contributed by atoms with Gasteiger partial charge < -0.3 is 15.4 Å². The summed E-state index contributed by atoms with van der Waals surface area (Å²) in [5.74, 6) is 0.300. The number of ether oxygens (including phenoxy) is 1. The van der Waals surface area contributed by atoms with E-state index in [1.54, 1.807) is 0 Å². The largest absolute Gasteiger partial charge is 0.378 e. The lowest BCUT2D eigenvalue weighted by Crippen LogP contribution is -2.41. The minimum absolute atomic E-state index is 0. The van der Waals surface area contributed by atoms with Crippen LogP contribution in [0.15, 0.2) is 12.1 Å². The lowest BCUT2D eigenvalue weighted by Gasteiger charge is -2.32. The van der Waals surface area contributed by atoms with Gasteiger partial charge in [-0.2, -0.15) is 0 Å². The van der Waals surface area contributed by atoms with Gasteiger partial charge in [0, 0.05) is 35.9 Å². The van der Waals surface area contributed by atoms with Gasteiger partial charge in [0.1, 0.15) is 0 Å². The van der Waals surface area contributed by atoms with Gasteiger partial charge in [-0.25, -0.2) is 0 Å². The number of halogens is 1. The molecule has 1 amide bonds. The molecule has 1 aromatic rings. The third-order valence-corrected chi connectivity index (χ3v) is 5.17. The lowest BCUT2D eigenvalue weighted by atomic mass is 10.1. The first kappa shape index (κ1) is 20.4. The average Bonchev–Trinajstić information content (AvgIpc) is 2.93. The molecule has 132 valence electrons. The second kappa shape index (κ2) is 11.0. The second-order valence-corrected chi connectivity index (χ2v) is 7.33. The van der Waals surface area contributed by atoms with Gasteiger partial charge in [0.2, 0.25) is 5.91 Å². The number of likely N-dealkylation sites (tertiary alicyclic amines) is 1. The Hall–Kier alpha value is -0.620. The molecule has 0 aromatic carbocycles. The second-order valence-electron chi connectivity index (χ2n) is 5.96. The number of carbonyl (C=O) groups excluding carboxylic acids is 1. The number of amides is 1. The molecular weight excluding hydrogens is 332 g/mol. The monoisotopic (exact) mass is 360 g/mol. The molecule has 1 aliphatic rings. The standard InChI is InChI=1S/C17H28N2O2S.ClH/c1-14-6-7-16(22-14)4-2-5-17(20)19-11-8-15(9-12-19)21-13-3-10-18;/h6-7,15H,2-5,8-13,18H2,1H3;1H. The molecular formula is C17H29ClN2O2S. The molecule has 1 saturated heterocycles. The molecule has 6 heteroatoms. The van der Waals surface area contributed by atoms with E-state index in [4.69, 9.17) is 10.5 Å². The van der Waals surface area contributed by atoms with Crippen LogP contribution in [0.2, 0.25) is 0 Å². The fraction of sp³-hybridized carbons (Fsp3) is 0.706. The molecule has 0 spiro atoms. The Kier molecular flexibility index (Phi) is 9.79. The van der Waals surface area contributed by atoms with Crippen molar-refractivity contribution in [3.05, 3.63) is 21.9 Å². The zero-order valence-corrected chi connectivity index (χ0v) is 15.6. The van der Waals surface area contributed by atoms with Gasteiger partial charge in [-0.3, -0.25) is 4.79 Å². The maximum atomic E-state index is 12.2. The molecule has 0 radical (unpaired) electrons. The summed E-state index contributed by atoms with van der Waals surface area (Å²) in [6, 6.07) is 4.33. The number of hydrogen-bond donors (Lipinski definition) is 1. The smallest absolute Gasteiger partial charge is 0.222 e. The summed E-state index contributed by atoms with van der Waals surface area (Å²) >= 11 is 1.83. The van der Waals surface area contributed by atoms with Crippen LogP contribution in [0.5, 0.6) is 0 Å². The highest BCUT2D eigenvalue weighted by Crippen LogP contribution is 2.19. The molecule has 2 N–H and O–H groups in total. The lowest BCUT2D eigenvalue weighted by molar-refractivity contribution is -0.133. The van der Waals surface area contributed by atoms with E-state index in [1.807, 2.05) is 16.2 Å². The molecule has 1 aliphatic heterocycles. The molecule has 0 atom stereocenters. The first-order valence-electron chi connectivity index (χ1n) is 8.34. The molecule has 0 unspecified atom stereocenters. The Morgan fingerprint density at radius 3 is 2.70 bits per heavy atom. The van der Waals surface area contributed by atoms with Crippen molar-refractivity contribution < 1.29 is 9.53 Å². The Bertz CT molecular complexity index is 459. The van der Waals surface area contributed by atoms with Crippen molar-refractivity contribution in [3.8, 4) is 0 Å². The van der Waals surface area contributed by atoms with E-state index in [1.165, 1.54) is 9.75 Å². The Morgan fingerprint density at radius 2 is 2.09 bits per heavy atom. The predicted molar refractivity (Wildman–Crippen MR) is 98.5 cm³/mol. The number of hydrogen-bond acceptors (Lipinski definition) is 4. The quantitative estimate of drug-likeness (QED) is 0.724. The molecule has 0 saturated carbocycles. The van der Waals surface area contributed by atoms with Crippen LogP contribution < -0.4 is 5.73 Å². The summed E-state index contributed by atoms with van der Waals surface area (Å²) in [6.07, 6.45) is 5.77. The van der Waals surface area contributed by atoms with E-state index in [0.29, 0.717) is 25.0 Å². The van der Waals surface area contributed by atoms with Crippen molar-refractivity contribution in [2.45, 2.75) is 51.6 Å². The highest BCUT2D eigenvalue weighted by molar-refractivity contribution is 7.11. The van der Waals surface area contributed by atoms with E-state index in [2.05, 4.69) is 19.1 Å². The average molecular weight is 361 g/mol. The zero-order valence-electron chi connectivity index (χ0n) is 14.0. The van der Waals surface area contributed by atoms with E-state index in [9.17, 15) is 4.79 Å². The summed E-state index contributed by atoms with van der Waals surface area (Å²) in [5, 5.41) is 0. The Labute approximate surface area is 149 Å². The van der Waals surface area contributed by atoms with E-state index in [0.717, 1.165) is 51.8 Å². The molecule has 0 bridgehead atoms. The zero-order chi connectivity index (χ0) is 15.8. The molecule has 23 heavy (non-hydrogen) atoms. The van der Waals surface area contributed by atoms with Crippen molar-refractivity contribution in [3.63, 3.8) is 0 Å². The first-order chi connectivity index (χ1) is 10.7. The van der Waals surface area contributed by atoms with Crippen molar-refractivity contribution in [2.75, 3.05) is 26.2 Å². The number of carbonyl (C=O) groups is 1.